The summed E-state index contributed by atoms with van der Waals surface area (Å²) in [5.41, 5.74) is 0. The van der Waals surface area contributed by atoms with Crippen LogP contribution in [0, 0.1) is 11.3 Å². The fourth-order valence-corrected chi connectivity index (χ4v) is 1.97. The second kappa shape index (κ2) is 8.37. The molecule has 1 fully saturated rings. The van der Waals surface area contributed by atoms with Crippen molar-refractivity contribution in [2.24, 2.45) is 0 Å². The Morgan fingerprint density at radius 2 is 2.12 bits per heavy atom. The van der Waals surface area contributed by atoms with Crippen molar-refractivity contribution in [2.45, 2.75) is 12.5 Å². The highest BCUT2D eigenvalue weighted by molar-refractivity contribution is 5.85. The van der Waals surface area contributed by atoms with Crippen molar-refractivity contribution in [3.63, 3.8) is 0 Å². The van der Waals surface area contributed by atoms with Gasteiger partial charge in [0.05, 0.1) is 24.8 Å². The summed E-state index contributed by atoms with van der Waals surface area (Å²) in [6.07, 6.45) is 2.16. The van der Waals surface area contributed by atoms with Crippen LogP contribution in [0.3, 0.4) is 0 Å². The highest BCUT2D eigenvalue weighted by Gasteiger charge is 2.23. The SMILES string of the molecule is Cl.Cl.N#CC[C@H](c1ccco1)N1CCNCC1. The van der Waals surface area contributed by atoms with Crippen LogP contribution in [0.15, 0.2) is 22.8 Å². The molecule has 0 saturated carbocycles. The average Bonchev–Trinajstić information content (AvgIpc) is 2.80. The van der Waals surface area contributed by atoms with Crippen LogP contribution in [-0.4, -0.2) is 31.1 Å². The molecule has 4 nitrogen and oxygen atoms in total. The van der Waals surface area contributed by atoms with E-state index in [2.05, 4.69) is 16.3 Å². The van der Waals surface area contributed by atoms with E-state index >= 15 is 0 Å². The summed E-state index contributed by atoms with van der Waals surface area (Å²) < 4.78 is 5.39. The van der Waals surface area contributed by atoms with Gasteiger partial charge >= 0.3 is 0 Å². The Hall–Kier alpha value is -0.730. The number of hydrogen-bond donors (Lipinski definition) is 1. The van der Waals surface area contributed by atoms with E-state index in [1.54, 1.807) is 6.26 Å². The number of rotatable bonds is 3. The van der Waals surface area contributed by atoms with Gasteiger partial charge in [-0.1, -0.05) is 0 Å². The van der Waals surface area contributed by atoms with Gasteiger partial charge in [0.1, 0.15) is 5.76 Å². The molecule has 2 heterocycles. The Labute approximate surface area is 114 Å². The summed E-state index contributed by atoms with van der Waals surface area (Å²) in [5.74, 6) is 0.901. The minimum atomic E-state index is 0. The summed E-state index contributed by atoms with van der Waals surface area (Å²) in [6.45, 7) is 3.94. The van der Waals surface area contributed by atoms with Crippen LogP contribution in [0.5, 0.6) is 0 Å². The Kier molecular flexibility index (Phi) is 8.01. The van der Waals surface area contributed by atoms with Crippen molar-refractivity contribution in [3.8, 4) is 6.07 Å². The Bertz CT molecular complexity index is 331. The minimum Gasteiger partial charge on any atom is -0.468 e. The number of nitriles is 1. The molecule has 1 aliphatic heterocycles. The third-order valence-electron chi connectivity index (χ3n) is 2.75. The second-order valence-corrected chi connectivity index (χ2v) is 3.68. The topological polar surface area (TPSA) is 52.2 Å². The zero-order chi connectivity index (χ0) is 10.5. The zero-order valence-corrected chi connectivity index (χ0v) is 11.1. The van der Waals surface area contributed by atoms with Gasteiger partial charge in [-0.05, 0) is 12.1 Å². The van der Waals surface area contributed by atoms with Gasteiger partial charge in [0.15, 0.2) is 0 Å². The van der Waals surface area contributed by atoms with E-state index in [1.165, 1.54) is 0 Å². The largest absolute Gasteiger partial charge is 0.468 e. The molecule has 2 rings (SSSR count). The minimum absolute atomic E-state index is 0. The van der Waals surface area contributed by atoms with Gasteiger partial charge in [-0.3, -0.25) is 4.90 Å². The second-order valence-electron chi connectivity index (χ2n) is 3.68. The van der Waals surface area contributed by atoms with Crippen molar-refractivity contribution < 1.29 is 4.42 Å². The lowest BCUT2D eigenvalue weighted by molar-refractivity contribution is 0.157. The summed E-state index contributed by atoms with van der Waals surface area (Å²) >= 11 is 0. The third kappa shape index (κ3) is 4.21. The van der Waals surface area contributed by atoms with Crippen LogP contribution in [0.1, 0.15) is 18.2 Å². The summed E-state index contributed by atoms with van der Waals surface area (Å²) in [4.78, 5) is 2.30. The van der Waals surface area contributed by atoms with Crippen molar-refractivity contribution >= 4 is 24.8 Å². The van der Waals surface area contributed by atoms with E-state index in [0.717, 1.165) is 31.9 Å². The first-order valence-corrected chi connectivity index (χ1v) is 5.27. The van der Waals surface area contributed by atoms with E-state index in [1.807, 2.05) is 12.1 Å². The fourth-order valence-electron chi connectivity index (χ4n) is 1.97. The Morgan fingerprint density at radius 1 is 1.41 bits per heavy atom. The van der Waals surface area contributed by atoms with E-state index < -0.39 is 0 Å². The molecule has 1 atom stereocenters. The number of nitrogens with one attached hydrogen (secondary N) is 1. The van der Waals surface area contributed by atoms with Gasteiger partial charge < -0.3 is 9.73 Å². The standard InChI is InChI=1S/C11H15N3O.2ClH/c12-4-3-10(11-2-1-9-15-11)14-7-5-13-6-8-14;;/h1-2,9-10,13H,3,5-8H2;2*1H/t10-;;/m1../s1. The van der Waals surface area contributed by atoms with Gasteiger partial charge in [-0.15, -0.1) is 24.8 Å². The summed E-state index contributed by atoms with van der Waals surface area (Å²) in [5, 5.41) is 12.1. The lowest BCUT2D eigenvalue weighted by Gasteiger charge is -2.32. The van der Waals surface area contributed by atoms with Gasteiger partial charge in [0, 0.05) is 26.2 Å². The van der Waals surface area contributed by atoms with Crippen LogP contribution < -0.4 is 5.32 Å². The van der Waals surface area contributed by atoms with E-state index in [-0.39, 0.29) is 30.9 Å². The predicted molar refractivity (Wildman–Crippen MR) is 70.6 cm³/mol. The van der Waals surface area contributed by atoms with Crippen molar-refractivity contribution in [3.05, 3.63) is 24.2 Å². The molecule has 0 unspecified atom stereocenters. The zero-order valence-electron chi connectivity index (χ0n) is 9.46. The predicted octanol–water partition coefficient (Wildman–Crippen LogP) is 1.98. The highest BCUT2D eigenvalue weighted by Crippen LogP contribution is 2.24. The first kappa shape index (κ1) is 16.3. The molecule has 1 aromatic rings. The van der Waals surface area contributed by atoms with Crippen LogP contribution in [0.4, 0.5) is 0 Å². The van der Waals surface area contributed by atoms with Crippen molar-refractivity contribution in [2.75, 3.05) is 26.2 Å². The van der Waals surface area contributed by atoms with E-state index in [9.17, 15) is 0 Å². The van der Waals surface area contributed by atoms with Crippen LogP contribution in [0.25, 0.3) is 0 Å². The van der Waals surface area contributed by atoms with Crippen molar-refractivity contribution in [1.29, 1.82) is 5.26 Å². The maximum atomic E-state index is 8.83. The lowest BCUT2D eigenvalue weighted by Crippen LogP contribution is -2.45. The molecular weight excluding hydrogens is 261 g/mol. The highest BCUT2D eigenvalue weighted by atomic mass is 35.5. The molecule has 6 heteroatoms. The monoisotopic (exact) mass is 277 g/mol. The molecule has 17 heavy (non-hydrogen) atoms. The number of halogens is 2. The van der Waals surface area contributed by atoms with E-state index in [0.29, 0.717) is 6.42 Å². The Morgan fingerprint density at radius 3 is 2.65 bits per heavy atom. The molecule has 1 aliphatic rings. The molecule has 0 spiro atoms. The number of piperazine rings is 1. The van der Waals surface area contributed by atoms with E-state index in [4.69, 9.17) is 9.68 Å². The van der Waals surface area contributed by atoms with Crippen LogP contribution in [0.2, 0.25) is 0 Å². The summed E-state index contributed by atoms with van der Waals surface area (Å²) in [6, 6.07) is 6.17. The van der Waals surface area contributed by atoms with Gasteiger partial charge in [0.25, 0.3) is 0 Å². The van der Waals surface area contributed by atoms with Crippen LogP contribution >= 0.6 is 24.8 Å². The molecule has 1 saturated heterocycles. The number of hydrogen-bond acceptors (Lipinski definition) is 4. The first-order chi connectivity index (χ1) is 7.42. The van der Waals surface area contributed by atoms with Gasteiger partial charge in [0.2, 0.25) is 0 Å². The fraction of sp³-hybridized carbons (Fsp3) is 0.545. The average molecular weight is 278 g/mol. The molecular formula is C11H17Cl2N3O. The van der Waals surface area contributed by atoms with Crippen molar-refractivity contribution in [1.82, 2.24) is 10.2 Å². The quantitative estimate of drug-likeness (QED) is 0.918. The van der Waals surface area contributed by atoms with Crippen LogP contribution in [-0.2, 0) is 0 Å². The maximum Gasteiger partial charge on any atom is 0.121 e. The smallest absolute Gasteiger partial charge is 0.121 e. The first-order valence-electron chi connectivity index (χ1n) is 5.27. The molecule has 0 aliphatic carbocycles. The molecule has 96 valence electrons. The number of furan rings is 1. The molecule has 1 aromatic heterocycles. The third-order valence-corrected chi connectivity index (χ3v) is 2.75. The molecule has 0 aromatic carbocycles. The summed E-state index contributed by atoms with van der Waals surface area (Å²) in [7, 11) is 0. The molecule has 1 N–H and O–H groups in total. The molecule has 0 radical (unpaired) electrons. The Balaban J connectivity index is 0.00000128. The molecule has 0 bridgehead atoms. The lowest BCUT2D eigenvalue weighted by atomic mass is 10.1. The normalized spacial score (nSPS) is 17.4. The van der Waals surface area contributed by atoms with Gasteiger partial charge in [-0.2, -0.15) is 5.26 Å². The maximum absolute atomic E-state index is 8.83. The van der Waals surface area contributed by atoms with Gasteiger partial charge in [-0.25, -0.2) is 0 Å². The number of nitrogens with zero attached hydrogens (tertiary/aromatic N) is 2. The molecule has 0 amide bonds.